The lowest BCUT2D eigenvalue weighted by molar-refractivity contribution is 0.452. The van der Waals surface area contributed by atoms with Crippen LogP contribution in [0.5, 0.6) is 5.75 Å². The molecule has 4 rings (SSSR count). The summed E-state index contributed by atoms with van der Waals surface area (Å²) in [6.07, 6.45) is -0.243. The van der Waals surface area contributed by atoms with Gasteiger partial charge in [-0.25, -0.2) is 4.68 Å². The maximum absolute atomic E-state index is 10.8. The molecule has 5 nitrogen and oxygen atoms in total. The first-order valence-corrected chi connectivity index (χ1v) is 9.54. The minimum Gasteiger partial charge on any atom is -0.507 e. The minimum atomic E-state index is -0.243. The Morgan fingerprint density at radius 1 is 1.11 bits per heavy atom. The monoisotopic (exact) mass is 362 g/mol. The van der Waals surface area contributed by atoms with Gasteiger partial charge < -0.3 is 15.3 Å². The zero-order chi connectivity index (χ0) is 19.1. The van der Waals surface area contributed by atoms with E-state index in [9.17, 15) is 5.11 Å². The molecule has 1 aromatic heterocycles. The third kappa shape index (κ3) is 2.83. The standard InChI is InChI=1S/C22H26N4O/c1-5-25(6-2)16-10-11-18(20(27)13-16)22-23-21-14(3)8-7-9-17(21)19-12-15(4)24-26(19)22/h7-13,22-23,27H,5-6H2,1-4H3/t22-/m0/s1. The van der Waals surface area contributed by atoms with Gasteiger partial charge in [0, 0.05) is 41.7 Å². The second-order valence-corrected chi connectivity index (χ2v) is 7.08. The van der Waals surface area contributed by atoms with E-state index in [0.717, 1.165) is 47.0 Å². The van der Waals surface area contributed by atoms with E-state index in [2.05, 4.69) is 61.3 Å². The quantitative estimate of drug-likeness (QED) is 0.707. The Hall–Kier alpha value is -2.95. The van der Waals surface area contributed by atoms with E-state index in [-0.39, 0.29) is 11.9 Å². The zero-order valence-electron chi connectivity index (χ0n) is 16.3. The molecule has 0 spiro atoms. The zero-order valence-corrected chi connectivity index (χ0v) is 16.3. The lowest BCUT2D eigenvalue weighted by atomic mass is 10.00. The number of phenols is 1. The second-order valence-electron chi connectivity index (χ2n) is 7.08. The van der Waals surface area contributed by atoms with Crippen molar-refractivity contribution in [2.75, 3.05) is 23.3 Å². The molecule has 2 aromatic carbocycles. The molecule has 0 saturated carbocycles. The van der Waals surface area contributed by atoms with Crippen LogP contribution in [0.3, 0.4) is 0 Å². The van der Waals surface area contributed by atoms with Crippen molar-refractivity contribution in [1.82, 2.24) is 9.78 Å². The Kier molecular flexibility index (Phi) is 4.30. The van der Waals surface area contributed by atoms with Gasteiger partial charge in [-0.15, -0.1) is 0 Å². The number of para-hydroxylation sites is 1. The summed E-state index contributed by atoms with van der Waals surface area (Å²) < 4.78 is 1.98. The van der Waals surface area contributed by atoms with Gasteiger partial charge >= 0.3 is 0 Å². The average Bonchev–Trinajstić information content (AvgIpc) is 3.05. The van der Waals surface area contributed by atoms with E-state index in [1.54, 1.807) is 0 Å². The van der Waals surface area contributed by atoms with Crippen LogP contribution in [0.4, 0.5) is 11.4 Å². The first-order chi connectivity index (χ1) is 13.0. The highest BCUT2D eigenvalue weighted by Gasteiger charge is 2.29. The molecule has 27 heavy (non-hydrogen) atoms. The van der Waals surface area contributed by atoms with E-state index < -0.39 is 0 Å². The topological polar surface area (TPSA) is 53.3 Å². The Bertz CT molecular complexity index is 988. The van der Waals surface area contributed by atoms with Crippen molar-refractivity contribution in [3.63, 3.8) is 0 Å². The van der Waals surface area contributed by atoms with Gasteiger partial charge in [-0.2, -0.15) is 5.10 Å². The number of hydrogen-bond acceptors (Lipinski definition) is 4. The van der Waals surface area contributed by atoms with E-state index in [1.165, 1.54) is 5.56 Å². The number of aromatic hydroxyl groups is 1. The van der Waals surface area contributed by atoms with Crippen LogP contribution in [0.15, 0.2) is 42.5 Å². The molecule has 0 radical (unpaired) electrons. The highest BCUT2D eigenvalue weighted by molar-refractivity contribution is 5.81. The maximum atomic E-state index is 10.8. The Morgan fingerprint density at radius 2 is 1.89 bits per heavy atom. The van der Waals surface area contributed by atoms with Crippen molar-refractivity contribution < 1.29 is 5.11 Å². The van der Waals surface area contributed by atoms with Crippen LogP contribution in [0.25, 0.3) is 11.3 Å². The number of aryl methyl sites for hydroxylation is 2. The predicted molar refractivity (Wildman–Crippen MR) is 111 cm³/mol. The summed E-state index contributed by atoms with van der Waals surface area (Å²) in [4.78, 5) is 2.22. The third-order valence-electron chi connectivity index (χ3n) is 5.37. The number of benzene rings is 2. The molecule has 2 N–H and O–H groups in total. The Balaban J connectivity index is 1.82. The van der Waals surface area contributed by atoms with Gasteiger partial charge in [-0.1, -0.05) is 18.2 Å². The fourth-order valence-corrected chi connectivity index (χ4v) is 3.94. The maximum Gasteiger partial charge on any atom is 0.150 e. The van der Waals surface area contributed by atoms with E-state index in [1.807, 2.05) is 23.7 Å². The van der Waals surface area contributed by atoms with Gasteiger partial charge in [-0.05, 0) is 51.5 Å². The molecule has 140 valence electrons. The normalized spacial score (nSPS) is 15.0. The van der Waals surface area contributed by atoms with Crippen molar-refractivity contribution in [1.29, 1.82) is 0 Å². The first kappa shape index (κ1) is 17.5. The third-order valence-corrected chi connectivity index (χ3v) is 5.37. The van der Waals surface area contributed by atoms with Crippen LogP contribution in [0.2, 0.25) is 0 Å². The van der Waals surface area contributed by atoms with Gasteiger partial charge in [0.05, 0.1) is 11.4 Å². The lowest BCUT2D eigenvalue weighted by Crippen LogP contribution is -2.26. The summed E-state index contributed by atoms with van der Waals surface area (Å²) in [7, 11) is 0. The van der Waals surface area contributed by atoms with Crippen molar-refractivity contribution in [2.24, 2.45) is 0 Å². The largest absolute Gasteiger partial charge is 0.507 e. The SMILES string of the molecule is CCN(CC)c1ccc([C@H]2Nc3c(C)cccc3-c3cc(C)nn32)c(O)c1. The van der Waals surface area contributed by atoms with Gasteiger partial charge in [0.25, 0.3) is 0 Å². The number of fused-ring (bicyclic) bond motifs is 3. The molecule has 0 bridgehead atoms. The van der Waals surface area contributed by atoms with Crippen molar-refractivity contribution in [3.05, 3.63) is 59.3 Å². The lowest BCUT2D eigenvalue weighted by Gasteiger charge is -2.31. The van der Waals surface area contributed by atoms with Crippen molar-refractivity contribution in [3.8, 4) is 17.0 Å². The molecule has 5 heteroatoms. The van der Waals surface area contributed by atoms with Crippen LogP contribution >= 0.6 is 0 Å². The highest BCUT2D eigenvalue weighted by atomic mass is 16.3. The number of phenolic OH excluding ortho intramolecular Hbond substituents is 1. The summed E-state index contributed by atoms with van der Waals surface area (Å²) in [6, 6.07) is 14.3. The summed E-state index contributed by atoms with van der Waals surface area (Å²) in [5, 5.41) is 19.1. The smallest absolute Gasteiger partial charge is 0.150 e. The molecule has 1 aliphatic heterocycles. The Labute approximate surface area is 160 Å². The van der Waals surface area contributed by atoms with Crippen molar-refractivity contribution in [2.45, 2.75) is 33.9 Å². The van der Waals surface area contributed by atoms with Crippen LogP contribution in [-0.2, 0) is 0 Å². The molecule has 1 aliphatic rings. The van der Waals surface area contributed by atoms with Gasteiger partial charge in [0.15, 0.2) is 6.17 Å². The summed E-state index contributed by atoms with van der Waals surface area (Å²) in [5.41, 5.74) is 7.32. The van der Waals surface area contributed by atoms with Crippen LogP contribution in [0, 0.1) is 13.8 Å². The van der Waals surface area contributed by atoms with Gasteiger partial charge in [0.1, 0.15) is 5.75 Å². The molecular formula is C22H26N4O. The molecule has 1 atom stereocenters. The van der Waals surface area contributed by atoms with Gasteiger partial charge in [0.2, 0.25) is 0 Å². The van der Waals surface area contributed by atoms with Crippen LogP contribution in [-0.4, -0.2) is 28.0 Å². The van der Waals surface area contributed by atoms with Crippen LogP contribution < -0.4 is 10.2 Å². The molecule has 0 unspecified atom stereocenters. The number of aromatic nitrogens is 2. The van der Waals surface area contributed by atoms with E-state index in [4.69, 9.17) is 5.10 Å². The summed E-state index contributed by atoms with van der Waals surface area (Å²) in [6.45, 7) is 10.2. The molecule has 0 fully saturated rings. The number of nitrogens with one attached hydrogen (secondary N) is 1. The first-order valence-electron chi connectivity index (χ1n) is 9.54. The van der Waals surface area contributed by atoms with E-state index in [0.29, 0.717) is 0 Å². The number of nitrogens with zero attached hydrogens (tertiary/aromatic N) is 3. The minimum absolute atomic E-state index is 0.243. The van der Waals surface area contributed by atoms with Gasteiger partial charge in [-0.3, -0.25) is 0 Å². The van der Waals surface area contributed by atoms with Crippen LogP contribution in [0.1, 0.15) is 36.8 Å². The summed E-state index contributed by atoms with van der Waals surface area (Å²) >= 11 is 0. The molecule has 0 aliphatic carbocycles. The summed E-state index contributed by atoms with van der Waals surface area (Å²) in [5.74, 6) is 0.285. The second kappa shape index (κ2) is 6.65. The average molecular weight is 362 g/mol. The molecule has 2 heterocycles. The number of rotatable bonds is 4. The number of hydrogen-bond donors (Lipinski definition) is 2. The highest BCUT2D eigenvalue weighted by Crippen LogP contribution is 2.42. The fourth-order valence-electron chi connectivity index (χ4n) is 3.94. The molecule has 0 saturated heterocycles. The molecular weight excluding hydrogens is 336 g/mol. The predicted octanol–water partition coefficient (Wildman–Crippen LogP) is 4.69. The van der Waals surface area contributed by atoms with Crippen molar-refractivity contribution >= 4 is 11.4 Å². The molecule has 3 aromatic rings. The Morgan fingerprint density at radius 3 is 2.59 bits per heavy atom. The molecule has 0 amide bonds. The number of anilines is 2. The fraction of sp³-hybridized carbons (Fsp3) is 0.318. The van der Waals surface area contributed by atoms with E-state index >= 15 is 0 Å².